The summed E-state index contributed by atoms with van der Waals surface area (Å²) in [6, 6.07) is 6.60. The second kappa shape index (κ2) is 8.58. The minimum absolute atomic E-state index is 0.177. The fraction of sp³-hybridized carbons (Fsp3) is 0.400. The summed E-state index contributed by atoms with van der Waals surface area (Å²) in [4.78, 5) is 8.91. The Labute approximate surface area is 182 Å². The number of aliphatic hydroxyl groups is 4. The average Bonchev–Trinajstić information content (AvgIpc) is 3.19. The lowest BCUT2D eigenvalue weighted by Gasteiger charge is -2.39. The Morgan fingerprint density at radius 1 is 1.06 bits per heavy atom. The summed E-state index contributed by atoms with van der Waals surface area (Å²) >= 11 is 6.44. The minimum atomic E-state index is -1.51. The largest absolute Gasteiger partial charge is 0.394 e. The second-order valence-electron chi connectivity index (χ2n) is 7.47. The van der Waals surface area contributed by atoms with Crippen LogP contribution in [-0.4, -0.2) is 76.6 Å². The van der Waals surface area contributed by atoms with E-state index in [9.17, 15) is 20.4 Å². The predicted molar refractivity (Wildman–Crippen MR) is 110 cm³/mol. The van der Waals surface area contributed by atoms with Gasteiger partial charge in [0.05, 0.1) is 24.1 Å². The molecule has 4 rings (SSSR count). The zero-order valence-electron chi connectivity index (χ0n) is 16.8. The quantitative estimate of drug-likeness (QED) is 0.423. The molecule has 4 N–H and O–H groups in total. The van der Waals surface area contributed by atoms with Gasteiger partial charge in [-0.25, -0.2) is 14.6 Å². The van der Waals surface area contributed by atoms with Gasteiger partial charge in [0.25, 0.3) is 0 Å². The number of aryl methyl sites for hydroxylation is 2. The summed E-state index contributed by atoms with van der Waals surface area (Å²) in [6.45, 7) is 3.20. The Bertz CT molecular complexity index is 1050. The first-order chi connectivity index (χ1) is 14.8. The van der Waals surface area contributed by atoms with Crippen LogP contribution in [0.4, 0.5) is 0 Å². The van der Waals surface area contributed by atoms with Crippen molar-refractivity contribution in [1.29, 1.82) is 0 Å². The lowest BCUT2D eigenvalue weighted by atomic mass is 9.97. The van der Waals surface area contributed by atoms with Crippen LogP contribution in [0.2, 0.25) is 5.15 Å². The maximum Gasteiger partial charge on any atom is 0.180 e. The Morgan fingerprint density at radius 2 is 1.77 bits per heavy atom. The second-order valence-corrected chi connectivity index (χ2v) is 7.83. The first-order valence-corrected chi connectivity index (χ1v) is 10.0. The number of benzene rings is 1. The SMILES string of the molecule is Cc1ccc(-c2nc(C)c(-c3cn([C@H]4C(O)O[C@H](CO)[C@@H](O)[C@H]4O)nn3)c(Cl)n2)cc1. The van der Waals surface area contributed by atoms with Crippen molar-refractivity contribution in [3.63, 3.8) is 0 Å². The average molecular weight is 448 g/mol. The van der Waals surface area contributed by atoms with Gasteiger partial charge in [-0.15, -0.1) is 5.10 Å². The first kappa shape index (κ1) is 21.8. The molecule has 0 aliphatic carbocycles. The minimum Gasteiger partial charge on any atom is -0.394 e. The van der Waals surface area contributed by atoms with Crippen LogP contribution in [0.1, 0.15) is 17.3 Å². The predicted octanol–water partition coefficient (Wildman–Crippen LogP) is 0.645. The molecule has 1 aliphatic rings. The molecule has 1 fully saturated rings. The molecular formula is C20H22ClN5O5. The highest BCUT2D eigenvalue weighted by atomic mass is 35.5. The topological polar surface area (TPSA) is 147 Å². The Hall–Kier alpha value is -2.47. The molecule has 10 nitrogen and oxygen atoms in total. The van der Waals surface area contributed by atoms with Gasteiger partial charge in [-0.1, -0.05) is 46.6 Å². The molecule has 3 heterocycles. The summed E-state index contributed by atoms with van der Waals surface area (Å²) in [5, 5.41) is 48.2. The smallest absolute Gasteiger partial charge is 0.180 e. The number of ether oxygens (including phenoxy) is 1. The van der Waals surface area contributed by atoms with E-state index in [-0.39, 0.29) is 5.15 Å². The van der Waals surface area contributed by atoms with Crippen molar-refractivity contribution in [2.75, 3.05) is 6.61 Å². The fourth-order valence-electron chi connectivity index (χ4n) is 3.57. The number of rotatable bonds is 4. The van der Waals surface area contributed by atoms with E-state index in [1.165, 1.54) is 10.9 Å². The number of aliphatic hydroxyl groups excluding tert-OH is 4. The number of nitrogens with zero attached hydrogens (tertiary/aromatic N) is 5. The number of hydrogen-bond donors (Lipinski definition) is 4. The van der Waals surface area contributed by atoms with Gasteiger partial charge < -0.3 is 25.2 Å². The van der Waals surface area contributed by atoms with Gasteiger partial charge in [0.1, 0.15) is 35.2 Å². The van der Waals surface area contributed by atoms with Crippen LogP contribution in [0.15, 0.2) is 30.5 Å². The van der Waals surface area contributed by atoms with Crippen molar-refractivity contribution >= 4 is 11.6 Å². The molecule has 11 heteroatoms. The van der Waals surface area contributed by atoms with E-state index in [0.29, 0.717) is 22.8 Å². The lowest BCUT2D eigenvalue weighted by molar-refractivity contribution is -0.265. The monoisotopic (exact) mass is 447 g/mol. The summed E-state index contributed by atoms with van der Waals surface area (Å²) in [6.07, 6.45) is -4.01. The van der Waals surface area contributed by atoms with Crippen molar-refractivity contribution in [2.24, 2.45) is 0 Å². The van der Waals surface area contributed by atoms with E-state index in [2.05, 4.69) is 20.3 Å². The third-order valence-corrected chi connectivity index (χ3v) is 5.57. The van der Waals surface area contributed by atoms with Crippen molar-refractivity contribution in [3.8, 4) is 22.6 Å². The van der Waals surface area contributed by atoms with E-state index in [1.807, 2.05) is 31.2 Å². The third-order valence-electron chi connectivity index (χ3n) is 5.29. The molecule has 0 radical (unpaired) electrons. The number of halogens is 1. The van der Waals surface area contributed by atoms with Crippen molar-refractivity contribution in [3.05, 3.63) is 46.9 Å². The van der Waals surface area contributed by atoms with Crippen LogP contribution in [0, 0.1) is 13.8 Å². The molecule has 1 saturated heterocycles. The van der Waals surface area contributed by atoms with Gasteiger partial charge in [-0.2, -0.15) is 0 Å². The van der Waals surface area contributed by atoms with Gasteiger partial charge in [-0.05, 0) is 13.8 Å². The summed E-state index contributed by atoms with van der Waals surface area (Å²) in [5.41, 5.74) is 3.30. The molecular weight excluding hydrogens is 426 g/mol. The fourth-order valence-corrected chi connectivity index (χ4v) is 3.88. The highest BCUT2D eigenvalue weighted by molar-refractivity contribution is 6.32. The van der Waals surface area contributed by atoms with Crippen LogP contribution >= 0.6 is 11.6 Å². The van der Waals surface area contributed by atoms with E-state index < -0.39 is 37.3 Å². The van der Waals surface area contributed by atoms with Gasteiger partial charge in [0.2, 0.25) is 0 Å². The zero-order valence-corrected chi connectivity index (χ0v) is 17.5. The molecule has 164 valence electrons. The van der Waals surface area contributed by atoms with Crippen LogP contribution < -0.4 is 0 Å². The van der Waals surface area contributed by atoms with Crippen LogP contribution in [0.25, 0.3) is 22.6 Å². The Balaban J connectivity index is 1.65. The Kier molecular flexibility index (Phi) is 6.02. The van der Waals surface area contributed by atoms with E-state index in [1.54, 1.807) is 6.92 Å². The lowest BCUT2D eigenvalue weighted by Crippen LogP contribution is -2.56. The highest BCUT2D eigenvalue weighted by Crippen LogP contribution is 2.33. The summed E-state index contributed by atoms with van der Waals surface area (Å²) in [7, 11) is 0. The molecule has 5 atom stereocenters. The van der Waals surface area contributed by atoms with Crippen LogP contribution in [-0.2, 0) is 4.74 Å². The summed E-state index contributed by atoms with van der Waals surface area (Å²) in [5.74, 6) is 0.475. The molecule has 0 spiro atoms. The molecule has 1 aromatic carbocycles. The van der Waals surface area contributed by atoms with Gasteiger partial charge >= 0.3 is 0 Å². The Morgan fingerprint density at radius 3 is 2.42 bits per heavy atom. The van der Waals surface area contributed by atoms with Gasteiger partial charge in [0.15, 0.2) is 12.1 Å². The van der Waals surface area contributed by atoms with E-state index in [4.69, 9.17) is 16.3 Å². The van der Waals surface area contributed by atoms with E-state index >= 15 is 0 Å². The molecule has 1 unspecified atom stereocenters. The third kappa shape index (κ3) is 4.05. The summed E-state index contributed by atoms with van der Waals surface area (Å²) < 4.78 is 6.36. The van der Waals surface area contributed by atoms with Crippen molar-refractivity contribution < 1.29 is 25.2 Å². The highest BCUT2D eigenvalue weighted by Gasteiger charge is 2.45. The van der Waals surface area contributed by atoms with Crippen molar-refractivity contribution in [1.82, 2.24) is 25.0 Å². The molecule has 0 amide bonds. The number of aromatic nitrogens is 5. The molecule has 31 heavy (non-hydrogen) atoms. The van der Waals surface area contributed by atoms with Crippen LogP contribution in [0.5, 0.6) is 0 Å². The zero-order chi connectivity index (χ0) is 22.3. The van der Waals surface area contributed by atoms with Gasteiger partial charge in [-0.3, -0.25) is 0 Å². The maximum atomic E-state index is 10.4. The standard InChI is InChI=1S/C20H22ClN5O5/c1-9-3-5-11(6-4-9)19-22-10(2)14(18(21)23-19)12-7-26(25-24-12)15-17(29)16(28)13(8-27)31-20(15)30/h3-7,13,15-17,20,27-30H,8H2,1-2H3/t13-,15-,16-,17+,20?/m1/s1. The first-order valence-electron chi connectivity index (χ1n) is 9.64. The molecule has 1 aliphatic heterocycles. The van der Waals surface area contributed by atoms with Crippen LogP contribution in [0.3, 0.4) is 0 Å². The molecule has 3 aromatic rings. The normalized spacial score (nSPS) is 26.2. The van der Waals surface area contributed by atoms with E-state index in [0.717, 1.165) is 11.1 Å². The van der Waals surface area contributed by atoms with Crippen molar-refractivity contribution in [2.45, 2.75) is 44.5 Å². The molecule has 2 aromatic heterocycles. The molecule has 0 bridgehead atoms. The number of hydrogen-bond acceptors (Lipinski definition) is 9. The molecule has 0 saturated carbocycles. The maximum absolute atomic E-state index is 10.4. The van der Waals surface area contributed by atoms with Gasteiger partial charge in [0, 0.05) is 5.56 Å².